The number of hydrogen-bond acceptors (Lipinski definition) is 1. The Kier molecular flexibility index (Phi) is 5.09. The second-order valence-corrected chi connectivity index (χ2v) is 6.29. The highest BCUT2D eigenvalue weighted by molar-refractivity contribution is 5.41. The van der Waals surface area contributed by atoms with Crippen LogP contribution in [0.3, 0.4) is 0 Å². The van der Waals surface area contributed by atoms with Gasteiger partial charge in [-0.15, -0.1) is 13.2 Å². The molecule has 0 aliphatic heterocycles. The molecule has 0 saturated heterocycles. The van der Waals surface area contributed by atoms with Crippen molar-refractivity contribution in [3.63, 3.8) is 0 Å². The lowest BCUT2D eigenvalue weighted by atomic mass is 9.76. The van der Waals surface area contributed by atoms with Gasteiger partial charge in [-0.25, -0.2) is 0 Å². The maximum absolute atomic E-state index is 3.92. The van der Waals surface area contributed by atoms with Crippen molar-refractivity contribution < 1.29 is 0 Å². The highest BCUT2D eigenvalue weighted by atomic mass is 15.1. The van der Waals surface area contributed by atoms with Gasteiger partial charge in [0.1, 0.15) is 0 Å². The number of benzene rings is 2. The molecule has 23 heavy (non-hydrogen) atoms. The summed E-state index contributed by atoms with van der Waals surface area (Å²) in [4.78, 5) is 2.49. The quantitative estimate of drug-likeness (QED) is 0.692. The summed E-state index contributed by atoms with van der Waals surface area (Å²) in [6.07, 6.45) is 6.27. The summed E-state index contributed by atoms with van der Waals surface area (Å²) >= 11 is 0. The van der Waals surface area contributed by atoms with E-state index in [1.807, 2.05) is 12.2 Å². The van der Waals surface area contributed by atoms with Crippen LogP contribution in [0.2, 0.25) is 0 Å². The van der Waals surface area contributed by atoms with Crippen molar-refractivity contribution in [1.29, 1.82) is 0 Å². The van der Waals surface area contributed by atoms with Gasteiger partial charge < -0.3 is 0 Å². The van der Waals surface area contributed by atoms with Crippen molar-refractivity contribution in [2.75, 3.05) is 13.1 Å². The molecule has 2 aromatic rings. The summed E-state index contributed by atoms with van der Waals surface area (Å²) in [5, 5.41) is 0. The molecule has 0 bridgehead atoms. The molecule has 2 aromatic carbocycles. The summed E-state index contributed by atoms with van der Waals surface area (Å²) in [6.45, 7) is 9.68. The average molecular weight is 303 g/mol. The summed E-state index contributed by atoms with van der Waals surface area (Å²) in [6, 6.07) is 20.4. The lowest BCUT2D eigenvalue weighted by molar-refractivity contribution is 0.212. The molecule has 0 aromatic heterocycles. The molecular weight excluding hydrogens is 278 g/mol. The average Bonchev–Trinajstić information content (AvgIpc) is 2.61. The maximum Gasteiger partial charge on any atom is 0.0166 e. The molecule has 0 unspecified atom stereocenters. The van der Waals surface area contributed by atoms with E-state index in [9.17, 15) is 0 Å². The van der Waals surface area contributed by atoms with Gasteiger partial charge in [-0.3, -0.25) is 4.90 Å². The zero-order valence-corrected chi connectivity index (χ0v) is 13.7. The highest BCUT2D eigenvalue weighted by Gasteiger charge is 2.30. The van der Waals surface area contributed by atoms with E-state index < -0.39 is 0 Å². The molecule has 1 heteroatoms. The fraction of sp³-hybridized carbons (Fsp3) is 0.273. The Bertz CT molecular complexity index is 649. The van der Waals surface area contributed by atoms with Crippen LogP contribution in [0.1, 0.15) is 29.0 Å². The Balaban J connectivity index is 1.95. The van der Waals surface area contributed by atoms with Crippen LogP contribution < -0.4 is 0 Å². The molecule has 2 atom stereocenters. The van der Waals surface area contributed by atoms with E-state index in [4.69, 9.17) is 0 Å². The molecule has 118 valence electrons. The Hall–Kier alpha value is -2.12. The summed E-state index contributed by atoms with van der Waals surface area (Å²) < 4.78 is 0. The van der Waals surface area contributed by atoms with E-state index in [1.165, 1.54) is 16.7 Å². The Morgan fingerprint density at radius 3 is 2.26 bits per heavy atom. The molecule has 0 spiro atoms. The van der Waals surface area contributed by atoms with E-state index in [0.717, 1.165) is 25.9 Å². The summed E-state index contributed by atoms with van der Waals surface area (Å²) in [5.74, 6) is 0.475. The van der Waals surface area contributed by atoms with Crippen LogP contribution in [-0.4, -0.2) is 24.0 Å². The van der Waals surface area contributed by atoms with Crippen LogP contribution in [0.25, 0.3) is 0 Å². The third-order valence-corrected chi connectivity index (χ3v) is 4.84. The smallest absolute Gasteiger partial charge is 0.0166 e. The first-order valence-corrected chi connectivity index (χ1v) is 8.42. The second-order valence-electron chi connectivity index (χ2n) is 6.29. The molecule has 3 rings (SSSR count). The Labute approximate surface area is 140 Å². The zero-order valence-electron chi connectivity index (χ0n) is 13.7. The zero-order chi connectivity index (χ0) is 16.1. The number of rotatable bonds is 6. The van der Waals surface area contributed by atoms with Gasteiger partial charge in [0.2, 0.25) is 0 Å². The van der Waals surface area contributed by atoms with Crippen molar-refractivity contribution >= 4 is 0 Å². The van der Waals surface area contributed by atoms with Gasteiger partial charge in [-0.05, 0) is 29.5 Å². The van der Waals surface area contributed by atoms with Crippen molar-refractivity contribution in [2.45, 2.75) is 24.8 Å². The lowest BCUT2D eigenvalue weighted by Gasteiger charge is -2.38. The number of nitrogens with zero attached hydrogens (tertiary/aromatic N) is 1. The molecule has 1 aliphatic rings. The highest BCUT2D eigenvalue weighted by Crippen LogP contribution is 2.38. The van der Waals surface area contributed by atoms with E-state index in [-0.39, 0.29) is 0 Å². The number of fused-ring (bicyclic) bond motifs is 1. The lowest BCUT2D eigenvalue weighted by Crippen LogP contribution is -2.40. The van der Waals surface area contributed by atoms with Crippen molar-refractivity contribution in [1.82, 2.24) is 4.90 Å². The second kappa shape index (κ2) is 7.43. The Morgan fingerprint density at radius 1 is 0.913 bits per heavy atom. The fourth-order valence-corrected chi connectivity index (χ4v) is 3.78. The summed E-state index contributed by atoms with van der Waals surface area (Å²) in [5.41, 5.74) is 4.39. The molecule has 0 heterocycles. The van der Waals surface area contributed by atoms with Gasteiger partial charge in [0.25, 0.3) is 0 Å². The third kappa shape index (κ3) is 3.46. The van der Waals surface area contributed by atoms with Crippen molar-refractivity contribution in [3.8, 4) is 0 Å². The first kappa shape index (κ1) is 15.8. The molecule has 0 N–H and O–H groups in total. The predicted octanol–water partition coefficient (Wildman–Crippen LogP) is 4.81. The first-order valence-electron chi connectivity index (χ1n) is 8.42. The standard InChI is InChI=1S/C22H25N/c1-3-14-23(15-4-2)20-16-19-12-8-9-13-21(19)22(17-20)18-10-6-5-7-11-18/h3-13,20,22H,1-2,14-17H2/t20-,22-/m1/s1. The monoisotopic (exact) mass is 303 g/mol. The van der Waals surface area contributed by atoms with Gasteiger partial charge in [-0.2, -0.15) is 0 Å². The van der Waals surface area contributed by atoms with Gasteiger partial charge in [0.15, 0.2) is 0 Å². The maximum atomic E-state index is 3.92. The van der Waals surface area contributed by atoms with Gasteiger partial charge in [0.05, 0.1) is 0 Å². The molecular formula is C22H25N. The van der Waals surface area contributed by atoms with Gasteiger partial charge >= 0.3 is 0 Å². The first-order chi connectivity index (χ1) is 11.3. The molecule has 0 saturated carbocycles. The van der Waals surface area contributed by atoms with Crippen molar-refractivity contribution in [3.05, 3.63) is 96.6 Å². The summed E-state index contributed by atoms with van der Waals surface area (Å²) in [7, 11) is 0. The van der Waals surface area contributed by atoms with E-state index >= 15 is 0 Å². The SMILES string of the molecule is C=CCN(CC=C)[C@@H]1Cc2ccccc2[C@@H](c2ccccc2)C1. The van der Waals surface area contributed by atoms with Crippen LogP contribution in [0.15, 0.2) is 79.9 Å². The molecule has 0 radical (unpaired) electrons. The van der Waals surface area contributed by atoms with Crippen molar-refractivity contribution in [2.24, 2.45) is 0 Å². The van der Waals surface area contributed by atoms with Crippen LogP contribution in [0, 0.1) is 0 Å². The van der Waals surface area contributed by atoms with E-state index in [0.29, 0.717) is 12.0 Å². The minimum absolute atomic E-state index is 0.475. The van der Waals surface area contributed by atoms with Crippen LogP contribution in [-0.2, 0) is 6.42 Å². The van der Waals surface area contributed by atoms with Crippen LogP contribution in [0.5, 0.6) is 0 Å². The van der Waals surface area contributed by atoms with Gasteiger partial charge in [0, 0.05) is 25.0 Å². The van der Waals surface area contributed by atoms with Crippen LogP contribution >= 0.6 is 0 Å². The van der Waals surface area contributed by atoms with Gasteiger partial charge in [-0.1, -0.05) is 66.7 Å². The van der Waals surface area contributed by atoms with E-state index in [1.54, 1.807) is 0 Å². The minimum atomic E-state index is 0.475. The normalized spacial score (nSPS) is 20.0. The fourth-order valence-electron chi connectivity index (χ4n) is 3.78. The molecule has 1 nitrogen and oxygen atoms in total. The molecule has 1 aliphatic carbocycles. The van der Waals surface area contributed by atoms with E-state index in [2.05, 4.69) is 72.7 Å². The Morgan fingerprint density at radius 2 is 1.57 bits per heavy atom. The largest absolute Gasteiger partial charge is 0.293 e. The topological polar surface area (TPSA) is 3.24 Å². The number of hydrogen-bond donors (Lipinski definition) is 0. The molecule has 0 amide bonds. The predicted molar refractivity (Wildman–Crippen MR) is 98.8 cm³/mol. The molecule has 0 fully saturated rings. The minimum Gasteiger partial charge on any atom is -0.293 e. The third-order valence-electron chi connectivity index (χ3n) is 4.84. The van der Waals surface area contributed by atoms with Crippen LogP contribution in [0.4, 0.5) is 0 Å².